The maximum atomic E-state index is 12.4. The second kappa shape index (κ2) is 7.66. The summed E-state index contributed by atoms with van der Waals surface area (Å²) in [5.41, 5.74) is 1.23. The Bertz CT molecular complexity index is 815. The zero-order valence-electron chi connectivity index (χ0n) is 13.2. The highest BCUT2D eigenvalue weighted by atomic mass is 32.1. The topological polar surface area (TPSA) is 47.6 Å². The van der Waals surface area contributed by atoms with Gasteiger partial charge in [-0.05, 0) is 41.8 Å². The number of methoxy groups -OCH3 is 1. The number of nitrogens with one attached hydrogen (secondary N) is 1. The average molecular weight is 339 g/mol. The number of ether oxygens (including phenoxy) is 2. The number of hydrogen-bond donors (Lipinski definition) is 1. The molecule has 0 radical (unpaired) electrons. The van der Waals surface area contributed by atoms with Gasteiger partial charge in [0.1, 0.15) is 18.1 Å². The molecule has 0 saturated heterocycles. The van der Waals surface area contributed by atoms with Gasteiger partial charge in [-0.3, -0.25) is 4.79 Å². The molecule has 0 aliphatic rings. The summed E-state index contributed by atoms with van der Waals surface area (Å²) in [4.78, 5) is 13.5. The van der Waals surface area contributed by atoms with E-state index in [9.17, 15) is 4.79 Å². The fraction of sp³-hybridized carbons (Fsp3) is 0.105. The lowest BCUT2D eigenvalue weighted by Gasteiger charge is -2.09. The molecule has 122 valence electrons. The quantitative estimate of drug-likeness (QED) is 0.714. The number of rotatable bonds is 6. The lowest BCUT2D eigenvalue weighted by atomic mass is 10.2. The van der Waals surface area contributed by atoms with Crippen molar-refractivity contribution in [2.45, 2.75) is 6.61 Å². The maximum Gasteiger partial charge on any atom is 0.255 e. The summed E-state index contributed by atoms with van der Waals surface area (Å²) in [6.45, 7) is 0.499. The second-order valence-corrected chi connectivity index (χ2v) is 6.11. The van der Waals surface area contributed by atoms with Gasteiger partial charge >= 0.3 is 0 Å². The standard InChI is InChI=1S/C19H17NO3S/c1-22-16-7-3-6-15(12-16)20-19(21)14-5-2-8-17(11-14)23-13-18-9-4-10-24-18/h2-12H,13H2,1H3,(H,20,21). The van der Waals surface area contributed by atoms with Crippen molar-refractivity contribution >= 4 is 22.9 Å². The van der Waals surface area contributed by atoms with Crippen molar-refractivity contribution in [1.29, 1.82) is 0 Å². The number of carbonyl (C=O) groups is 1. The highest BCUT2D eigenvalue weighted by molar-refractivity contribution is 7.09. The molecule has 24 heavy (non-hydrogen) atoms. The minimum Gasteiger partial charge on any atom is -0.497 e. The molecule has 1 N–H and O–H groups in total. The van der Waals surface area contributed by atoms with Crippen LogP contribution in [0, 0.1) is 0 Å². The lowest BCUT2D eigenvalue weighted by Crippen LogP contribution is -2.12. The molecule has 0 saturated carbocycles. The van der Waals surface area contributed by atoms with E-state index in [2.05, 4.69) is 5.32 Å². The van der Waals surface area contributed by atoms with Gasteiger partial charge in [0.05, 0.1) is 7.11 Å². The van der Waals surface area contributed by atoms with Crippen molar-refractivity contribution in [3.8, 4) is 11.5 Å². The first kappa shape index (κ1) is 16.1. The van der Waals surface area contributed by atoms with Crippen molar-refractivity contribution in [1.82, 2.24) is 0 Å². The lowest BCUT2D eigenvalue weighted by molar-refractivity contribution is 0.102. The molecular formula is C19H17NO3S. The Labute approximate surface area is 144 Å². The molecule has 5 heteroatoms. The number of thiophene rings is 1. The van der Waals surface area contributed by atoms with Gasteiger partial charge in [0, 0.05) is 22.2 Å². The molecule has 3 aromatic rings. The zero-order valence-corrected chi connectivity index (χ0v) is 14.0. The number of carbonyl (C=O) groups excluding carboxylic acids is 1. The highest BCUT2D eigenvalue weighted by Crippen LogP contribution is 2.20. The van der Waals surface area contributed by atoms with Gasteiger partial charge in [-0.25, -0.2) is 0 Å². The third-order valence-electron chi connectivity index (χ3n) is 3.39. The van der Waals surface area contributed by atoms with Crippen molar-refractivity contribution in [2.24, 2.45) is 0 Å². The molecule has 0 unspecified atom stereocenters. The van der Waals surface area contributed by atoms with E-state index in [-0.39, 0.29) is 5.91 Å². The number of amides is 1. The first-order valence-electron chi connectivity index (χ1n) is 7.45. The van der Waals surface area contributed by atoms with E-state index in [1.807, 2.05) is 47.8 Å². The number of benzene rings is 2. The Morgan fingerprint density at radius 2 is 1.88 bits per heavy atom. The van der Waals surface area contributed by atoms with Gasteiger partial charge in [-0.1, -0.05) is 18.2 Å². The number of anilines is 1. The Morgan fingerprint density at radius 1 is 1.04 bits per heavy atom. The fourth-order valence-electron chi connectivity index (χ4n) is 2.18. The van der Waals surface area contributed by atoms with E-state index in [1.54, 1.807) is 36.6 Å². The molecule has 0 fully saturated rings. The van der Waals surface area contributed by atoms with Crippen LogP contribution < -0.4 is 14.8 Å². The van der Waals surface area contributed by atoms with Crippen LogP contribution in [0.25, 0.3) is 0 Å². The zero-order chi connectivity index (χ0) is 16.8. The van der Waals surface area contributed by atoms with Crippen LogP contribution in [0.3, 0.4) is 0 Å². The molecule has 0 bridgehead atoms. The predicted molar refractivity (Wildman–Crippen MR) is 96.0 cm³/mol. The van der Waals surface area contributed by atoms with E-state index in [1.165, 1.54) is 0 Å². The fourth-order valence-corrected chi connectivity index (χ4v) is 2.80. The van der Waals surface area contributed by atoms with Gasteiger partial charge in [-0.15, -0.1) is 11.3 Å². The third kappa shape index (κ3) is 4.14. The Hall–Kier alpha value is -2.79. The molecule has 1 amide bonds. The van der Waals surface area contributed by atoms with Gasteiger partial charge in [0.2, 0.25) is 0 Å². The highest BCUT2D eigenvalue weighted by Gasteiger charge is 2.08. The molecule has 0 atom stereocenters. The summed E-state index contributed by atoms with van der Waals surface area (Å²) in [6, 6.07) is 18.4. The molecule has 4 nitrogen and oxygen atoms in total. The predicted octanol–water partition coefficient (Wildman–Crippen LogP) is 4.59. The summed E-state index contributed by atoms with van der Waals surface area (Å²) in [6.07, 6.45) is 0. The Balaban J connectivity index is 1.67. The Morgan fingerprint density at radius 3 is 2.67 bits per heavy atom. The first-order chi connectivity index (χ1) is 11.7. The van der Waals surface area contributed by atoms with Gasteiger partial charge in [0.25, 0.3) is 5.91 Å². The summed E-state index contributed by atoms with van der Waals surface area (Å²) < 4.78 is 10.9. The van der Waals surface area contributed by atoms with Gasteiger partial charge in [-0.2, -0.15) is 0 Å². The van der Waals surface area contributed by atoms with Crippen molar-refractivity contribution in [2.75, 3.05) is 12.4 Å². The van der Waals surface area contributed by atoms with Crippen molar-refractivity contribution in [3.63, 3.8) is 0 Å². The molecule has 1 aromatic heterocycles. The largest absolute Gasteiger partial charge is 0.497 e. The normalized spacial score (nSPS) is 10.2. The van der Waals surface area contributed by atoms with Crippen LogP contribution in [-0.2, 0) is 6.61 Å². The van der Waals surface area contributed by atoms with Crippen LogP contribution in [0.2, 0.25) is 0 Å². The van der Waals surface area contributed by atoms with E-state index in [0.717, 1.165) is 4.88 Å². The minimum atomic E-state index is -0.190. The van der Waals surface area contributed by atoms with E-state index in [4.69, 9.17) is 9.47 Å². The molecule has 2 aromatic carbocycles. The first-order valence-corrected chi connectivity index (χ1v) is 8.33. The minimum absolute atomic E-state index is 0.190. The van der Waals surface area contributed by atoms with E-state index >= 15 is 0 Å². The smallest absolute Gasteiger partial charge is 0.255 e. The summed E-state index contributed by atoms with van der Waals surface area (Å²) in [5.74, 6) is 1.17. The number of hydrogen-bond acceptors (Lipinski definition) is 4. The Kier molecular flexibility index (Phi) is 5.13. The van der Waals surface area contributed by atoms with Crippen LogP contribution in [0.1, 0.15) is 15.2 Å². The van der Waals surface area contributed by atoms with E-state index in [0.29, 0.717) is 29.4 Å². The molecule has 1 heterocycles. The summed E-state index contributed by atoms with van der Waals surface area (Å²) in [7, 11) is 1.59. The van der Waals surface area contributed by atoms with Crippen LogP contribution in [0.5, 0.6) is 11.5 Å². The second-order valence-electron chi connectivity index (χ2n) is 5.08. The molecule has 0 aliphatic carbocycles. The summed E-state index contributed by atoms with van der Waals surface area (Å²) in [5, 5.41) is 4.87. The van der Waals surface area contributed by atoms with Crippen LogP contribution in [0.15, 0.2) is 66.0 Å². The molecule has 0 spiro atoms. The van der Waals surface area contributed by atoms with Crippen LogP contribution in [0.4, 0.5) is 5.69 Å². The molecule has 0 aliphatic heterocycles. The van der Waals surface area contributed by atoms with Crippen molar-refractivity contribution in [3.05, 3.63) is 76.5 Å². The monoisotopic (exact) mass is 339 g/mol. The van der Waals surface area contributed by atoms with E-state index < -0.39 is 0 Å². The van der Waals surface area contributed by atoms with Gasteiger partial charge in [0.15, 0.2) is 0 Å². The molecule has 3 rings (SSSR count). The third-order valence-corrected chi connectivity index (χ3v) is 4.23. The molecular weight excluding hydrogens is 322 g/mol. The summed E-state index contributed by atoms with van der Waals surface area (Å²) >= 11 is 1.64. The van der Waals surface area contributed by atoms with Crippen LogP contribution >= 0.6 is 11.3 Å². The average Bonchev–Trinajstić information content (AvgIpc) is 3.14. The maximum absolute atomic E-state index is 12.4. The van der Waals surface area contributed by atoms with Crippen LogP contribution in [-0.4, -0.2) is 13.0 Å². The van der Waals surface area contributed by atoms with Crippen molar-refractivity contribution < 1.29 is 14.3 Å². The SMILES string of the molecule is COc1cccc(NC(=O)c2cccc(OCc3cccs3)c2)c1. The van der Waals surface area contributed by atoms with Gasteiger partial charge < -0.3 is 14.8 Å².